The summed E-state index contributed by atoms with van der Waals surface area (Å²) in [6, 6.07) is 10.2. The minimum absolute atomic E-state index is 0.113. The highest BCUT2D eigenvalue weighted by Gasteiger charge is 2.16. The van der Waals surface area contributed by atoms with Gasteiger partial charge in [-0.3, -0.25) is 4.79 Å². The SMILES string of the molecule is Cc1sc(CCNC(=O)CC[C@H]2CCCO2)nc1-c1ccccc1. The van der Waals surface area contributed by atoms with Crippen LogP contribution in [0.4, 0.5) is 0 Å². The number of hydrogen-bond donors (Lipinski definition) is 1. The summed E-state index contributed by atoms with van der Waals surface area (Å²) in [6.45, 7) is 3.59. The zero-order valence-corrected chi connectivity index (χ0v) is 14.9. The molecule has 3 rings (SSSR count). The number of benzene rings is 1. The van der Waals surface area contributed by atoms with Crippen LogP contribution in [0.1, 0.15) is 35.6 Å². The molecule has 0 aliphatic carbocycles. The monoisotopic (exact) mass is 344 g/mol. The van der Waals surface area contributed by atoms with Gasteiger partial charge in [-0.05, 0) is 26.2 Å². The van der Waals surface area contributed by atoms with Crippen molar-refractivity contribution >= 4 is 17.2 Å². The molecule has 0 bridgehead atoms. The van der Waals surface area contributed by atoms with Gasteiger partial charge in [0.15, 0.2) is 0 Å². The maximum absolute atomic E-state index is 11.9. The predicted octanol–water partition coefficient (Wildman–Crippen LogP) is 3.74. The van der Waals surface area contributed by atoms with E-state index < -0.39 is 0 Å². The Hall–Kier alpha value is -1.72. The Bertz CT molecular complexity index is 663. The first-order valence-corrected chi connectivity index (χ1v) is 9.44. The molecular weight excluding hydrogens is 320 g/mol. The van der Waals surface area contributed by atoms with E-state index in [1.165, 1.54) is 4.88 Å². The van der Waals surface area contributed by atoms with Crippen molar-refractivity contribution < 1.29 is 9.53 Å². The van der Waals surface area contributed by atoms with Crippen molar-refractivity contribution in [3.05, 3.63) is 40.2 Å². The molecule has 1 fully saturated rings. The topological polar surface area (TPSA) is 51.2 Å². The van der Waals surface area contributed by atoms with Crippen molar-refractivity contribution in [2.24, 2.45) is 0 Å². The van der Waals surface area contributed by atoms with Crippen LogP contribution in [0.15, 0.2) is 30.3 Å². The molecule has 0 spiro atoms. The highest BCUT2D eigenvalue weighted by molar-refractivity contribution is 7.12. The molecule has 2 heterocycles. The average Bonchev–Trinajstić information content (AvgIpc) is 3.23. The van der Waals surface area contributed by atoms with Gasteiger partial charge in [-0.1, -0.05) is 30.3 Å². The number of carbonyl (C=O) groups is 1. The lowest BCUT2D eigenvalue weighted by Gasteiger charge is -2.08. The molecule has 0 saturated carbocycles. The lowest BCUT2D eigenvalue weighted by atomic mass is 10.1. The molecule has 1 aliphatic heterocycles. The molecule has 1 N–H and O–H groups in total. The summed E-state index contributed by atoms with van der Waals surface area (Å²) in [4.78, 5) is 17.9. The van der Waals surface area contributed by atoms with Gasteiger partial charge in [-0.15, -0.1) is 11.3 Å². The summed E-state index contributed by atoms with van der Waals surface area (Å²) < 4.78 is 5.55. The van der Waals surface area contributed by atoms with Crippen LogP contribution in [0, 0.1) is 6.92 Å². The van der Waals surface area contributed by atoms with Crippen molar-refractivity contribution in [1.29, 1.82) is 0 Å². The quantitative estimate of drug-likeness (QED) is 0.832. The molecule has 1 atom stereocenters. The number of aromatic nitrogens is 1. The van der Waals surface area contributed by atoms with Crippen molar-refractivity contribution in [3.63, 3.8) is 0 Å². The molecule has 5 heteroatoms. The average molecular weight is 344 g/mol. The van der Waals surface area contributed by atoms with E-state index >= 15 is 0 Å². The molecule has 0 radical (unpaired) electrons. The highest BCUT2D eigenvalue weighted by Crippen LogP contribution is 2.27. The van der Waals surface area contributed by atoms with Crippen LogP contribution in [0.3, 0.4) is 0 Å². The Morgan fingerprint density at radius 1 is 1.38 bits per heavy atom. The fourth-order valence-corrected chi connectivity index (χ4v) is 3.94. The summed E-state index contributed by atoms with van der Waals surface area (Å²) in [5, 5.41) is 4.07. The van der Waals surface area contributed by atoms with Gasteiger partial charge in [0.2, 0.25) is 5.91 Å². The second-order valence-corrected chi connectivity index (χ2v) is 7.44. The van der Waals surface area contributed by atoms with Crippen molar-refractivity contribution in [2.75, 3.05) is 13.2 Å². The van der Waals surface area contributed by atoms with Gasteiger partial charge < -0.3 is 10.1 Å². The van der Waals surface area contributed by atoms with Crippen molar-refractivity contribution in [3.8, 4) is 11.3 Å². The first-order chi connectivity index (χ1) is 11.7. The molecule has 0 unspecified atom stereocenters. The molecule has 1 aliphatic rings. The van der Waals surface area contributed by atoms with Crippen LogP contribution in [0.2, 0.25) is 0 Å². The Kier molecular flexibility index (Phi) is 5.99. The normalized spacial score (nSPS) is 17.1. The van der Waals surface area contributed by atoms with E-state index in [2.05, 4.69) is 24.4 Å². The highest BCUT2D eigenvalue weighted by atomic mass is 32.1. The Morgan fingerprint density at radius 3 is 2.96 bits per heavy atom. The van der Waals surface area contributed by atoms with E-state index in [9.17, 15) is 4.79 Å². The molecule has 1 amide bonds. The summed E-state index contributed by atoms with van der Waals surface area (Å²) >= 11 is 1.71. The molecule has 1 saturated heterocycles. The minimum atomic E-state index is 0.113. The zero-order chi connectivity index (χ0) is 16.8. The van der Waals surface area contributed by atoms with E-state index in [0.717, 1.165) is 48.6 Å². The van der Waals surface area contributed by atoms with Gasteiger partial charge in [-0.2, -0.15) is 0 Å². The van der Waals surface area contributed by atoms with Gasteiger partial charge in [0.05, 0.1) is 16.8 Å². The number of ether oxygens (including phenoxy) is 1. The first-order valence-electron chi connectivity index (χ1n) is 8.62. The number of rotatable bonds is 7. The molecule has 1 aromatic carbocycles. The van der Waals surface area contributed by atoms with Crippen molar-refractivity contribution in [1.82, 2.24) is 10.3 Å². The Labute approximate surface area is 147 Å². The number of hydrogen-bond acceptors (Lipinski definition) is 4. The second kappa shape index (κ2) is 8.40. The lowest BCUT2D eigenvalue weighted by molar-refractivity contribution is -0.121. The Balaban J connectivity index is 1.44. The van der Waals surface area contributed by atoms with E-state index in [4.69, 9.17) is 9.72 Å². The van der Waals surface area contributed by atoms with Crippen LogP contribution >= 0.6 is 11.3 Å². The molecule has 1 aromatic heterocycles. The number of thiazole rings is 1. The second-order valence-electron chi connectivity index (χ2n) is 6.15. The van der Waals surface area contributed by atoms with Gasteiger partial charge in [0.1, 0.15) is 0 Å². The van der Waals surface area contributed by atoms with Gasteiger partial charge in [0, 0.05) is 36.4 Å². The first kappa shape index (κ1) is 17.1. The van der Waals surface area contributed by atoms with Crippen LogP contribution in [-0.2, 0) is 16.0 Å². The molecule has 128 valence electrons. The lowest BCUT2D eigenvalue weighted by Crippen LogP contribution is -2.26. The smallest absolute Gasteiger partial charge is 0.220 e. The maximum atomic E-state index is 11.9. The number of nitrogens with zero attached hydrogens (tertiary/aromatic N) is 1. The molecule has 24 heavy (non-hydrogen) atoms. The summed E-state index contributed by atoms with van der Waals surface area (Å²) in [5.41, 5.74) is 2.21. The molecule has 4 nitrogen and oxygen atoms in total. The standard InChI is InChI=1S/C19H24N2O2S/c1-14-19(15-6-3-2-4-7-15)21-18(24-14)11-12-20-17(22)10-9-16-8-5-13-23-16/h2-4,6-7,16H,5,8-13H2,1H3,(H,20,22)/t16-/m1/s1. The van der Waals surface area contributed by atoms with Crippen LogP contribution in [-0.4, -0.2) is 30.1 Å². The van der Waals surface area contributed by atoms with Gasteiger partial charge in [-0.25, -0.2) is 4.98 Å². The van der Waals surface area contributed by atoms with E-state index in [0.29, 0.717) is 13.0 Å². The van der Waals surface area contributed by atoms with Crippen molar-refractivity contribution in [2.45, 2.75) is 45.1 Å². The third-order valence-electron chi connectivity index (χ3n) is 4.27. The zero-order valence-electron chi connectivity index (χ0n) is 14.1. The Morgan fingerprint density at radius 2 is 2.21 bits per heavy atom. The minimum Gasteiger partial charge on any atom is -0.378 e. The van der Waals surface area contributed by atoms with E-state index in [-0.39, 0.29) is 12.0 Å². The number of aryl methyl sites for hydroxylation is 1. The van der Waals surface area contributed by atoms with E-state index in [1.54, 1.807) is 11.3 Å². The van der Waals surface area contributed by atoms with Crippen LogP contribution < -0.4 is 5.32 Å². The maximum Gasteiger partial charge on any atom is 0.220 e. The molecule has 2 aromatic rings. The van der Waals surface area contributed by atoms with Gasteiger partial charge >= 0.3 is 0 Å². The largest absolute Gasteiger partial charge is 0.378 e. The van der Waals surface area contributed by atoms with E-state index in [1.807, 2.05) is 18.2 Å². The molecular formula is C19H24N2O2S. The number of nitrogens with one attached hydrogen (secondary N) is 1. The summed E-state index contributed by atoms with van der Waals surface area (Å²) in [5.74, 6) is 0.113. The summed E-state index contributed by atoms with van der Waals surface area (Å²) in [6.07, 6.45) is 4.67. The van der Waals surface area contributed by atoms with Gasteiger partial charge in [0.25, 0.3) is 0 Å². The fourth-order valence-electron chi connectivity index (χ4n) is 2.98. The predicted molar refractivity (Wildman–Crippen MR) is 97.2 cm³/mol. The third-order valence-corrected chi connectivity index (χ3v) is 5.30. The van der Waals surface area contributed by atoms with Crippen LogP contribution in [0.5, 0.6) is 0 Å². The number of carbonyl (C=O) groups excluding carboxylic acids is 1. The summed E-state index contributed by atoms with van der Waals surface area (Å²) in [7, 11) is 0. The number of amides is 1. The third kappa shape index (κ3) is 4.65. The van der Waals surface area contributed by atoms with Crippen LogP contribution in [0.25, 0.3) is 11.3 Å². The fraction of sp³-hybridized carbons (Fsp3) is 0.474.